The molecule has 6 heteroatoms. The fourth-order valence-corrected chi connectivity index (χ4v) is 2.77. The normalized spacial score (nSPS) is 15.4. The number of benzene rings is 1. The van der Waals surface area contributed by atoms with Crippen LogP contribution in [-0.2, 0) is 11.2 Å². The summed E-state index contributed by atoms with van der Waals surface area (Å²) in [4.78, 5) is 35.2. The third-order valence-corrected chi connectivity index (χ3v) is 4.12. The first kappa shape index (κ1) is 14.6. The first-order chi connectivity index (χ1) is 10.6. The molecule has 1 N–H and O–H groups in total. The Labute approximate surface area is 129 Å². The van der Waals surface area contributed by atoms with Gasteiger partial charge in [0.2, 0.25) is 5.91 Å². The summed E-state index contributed by atoms with van der Waals surface area (Å²) in [6.07, 6.45) is 0.838. The van der Waals surface area contributed by atoms with E-state index in [2.05, 4.69) is 9.97 Å². The molecule has 0 bridgehead atoms. The second kappa shape index (κ2) is 5.79. The van der Waals surface area contributed by atoms with Crippen molar-refractivity contribution in [3.05, 3.63) is 29.6 Å². The second-order valence-corrected chi connectivity index (χ2v) is 5.57. The van der Waals surface area contributed by atoms with Gasteiger partial charge >= 0.3 is 0 Å². The van der Waals surface area contributed by atoms with Crippen LogP contribution in [0, 0.1) is 0 Å². The Kier molecular flexibility index (Phi) is 3.83. The van der Waals surface area contributed by atoms with Gasteiger partial charge in [0.15, 0.2) is 0 Å². The van der Waals surface area contributed by atoms with Crippen molar-refractivity contribution in [1.29, 1.82) is 0 Å². The van der Waals surface area contributed by atoms with Crippen LogP contribution in [0.15, 0.2) is 18.2 Å². The Hall–Kier alpha value is -2.37. The molecule has 0 saturated carbocycles. The van der Waals surface area contributed by atoms with Crippen molar-refractivity contribution in [3.8, 4) is 0 Å². The van der Waals surface area contributed by atoms with Crippen molar-refractivity contribution < 1.29 is 9.59 Å². The molecule has 0 aliphatic carbocycles. The molecule has 6 nitrogen and oxygen atoms in total. The number of nitrogens with one attached hydrogen (secondary N) is 1. The molecule has 1 fully saturated rings. The molecule has 1 aliphatic heterocycles. The average molecular weight is 300 g/mol. The summed E-state index contributed by atoms with van der Waals surface area (Å²) >= 11 is 0. The van der Waals surface area contributed by atoms with Crippen LogP contribution in [0.5, 0.6) is 0 Å². The third kappa shape index (κ3) is 2.68. The third-order valence-electron chi connectivity index (χ3n) is 4.12. The zero-order valence-corrected chi connectivity index (χ0v) is 12.9. The van der Waals surface area contributed by atoms with E-state index in [1.54, 1.807) is 16.7 Å². The minimum absolute atomic E-state index is 0.0118. The summed E-state index contributed by atoms with van der Waals surface area (Å²) in [5, 5.41) is 0. The van der Waals surface area contributed by atoms with E-state index < -0.39 is 0 Å². The van der Waals surface area contributed by atoms with E-state index in [0.29, 0.717) is 31.7 Å². The van der Waals surface area contributed by atoms with Crippen molar-refractivity contribution in [2.75, 3.05) is 26.2 Å². The molecule has 2 aromatic rings. The Balaban J connectivity index is 1.76. The number of fused-ring (bicyclic) bond motifs is 1. The predicted octanol–water partition coefficient (Wildman–Crippen LogP) is 1.43. The summed E-state index contributed by atoms with van der Waals surface area (Å²) in [7, 11) is 0. The van der Waals surface area contributed by atoms with E-state index in [-0.39, 0.29) is 11.8 Å². The smallest absolute Gasteiger partial charge is 0.254 e. The molecule has 116 valence electrons. The number of aromatic amines is 1. The minimum atomic E-state index is 0.0118. The van der Waals surface area contributed by atoms with Gasteiger partial charge in [0, 0.05) is 45.1 Å². The van der Waals surface area contributed by atoms with Gasteiger partial charge in [0.1, 0.15) is 5.82 Å². The maximum atomic E-state index is 12.6. The fourth-order valence-electron chi connectivity index (χ4n) is 2.77. The summed E-state index contributed by atoms with van der Waals surface area (Å²) in [5.41, 5.74) is 2.44. The molecule has 1 aromatic heterocycles. The number of aromatic nitrogens is 2. The van der Waals surface area contributed by atoms with Crippen LogP contribution in [0.2, 0.25) is 0 Å². The zero-order valence-electron chi connectivity index (χ0n) is 12.9. The Morgan fingerprint density at radius 3 is 2.50 bits per heavy atom. The van der Waals surface area contributed by atoms with Gasteiger partial charge in [-0.1, -0.05) is 6.92 Å². The highest BCUT2D eigenvalue weighted by atomic mass is 16.2. The Morgan fingerprint density at radius 1 is 1.18 bits per heavy atom. The highest BCUT2D eigenvalue weighted by molar-refractivity contribution is 5.97. The van der Waals surface area contributed by atoms with Gasteiger partial charge < -0.3 is 14.8 Å². The van der Waals surface area contributed by atoms with Gasteiger partial charge in [0.05, 0.1) is 11.0 Å². The van der Waals surface area contributed by atoms with E-state index in [9.17, 15) is 9.59 Å². The quantitative estimate of drug-likeness (QED) is 0.912. The number of hydrogen-bond donors (Lipinski definition) is 1. The highest BCUT2D eigenvalue weighted by Gasteiger charge is 2.23. The number of carbonyl (C=O) groups excluding carboxylic acids is 2. The number of carbonyl (C=O) groups is 2. The largest absolute Gasteiger partial charge is 0.342 e. The molecule has 22 heavy (non-hydrogen) atoms. The molecule has 0 spiro atoms. The fraction of sp³-hybridized carbons (Fsp3) is 0.438. The lowest BCUT2D eigenvalue weighted by Gasteiger charge is -2.34. The molecule has 0 radical (unpaired) electrons. The van der Waals surface area contributed by atoms with E-state index in [1.807, 2.05) is 25.1 Å². The Morgan fingerprint density at radius 2 is 1.86 bits per heavy atom. The van der Waals surface area contributed by atoms with E-state index in [1.165, 1.54) is 0 Å². The lowest BCUT2D eigenvalue weighted by atomic mass is 10.1. The van der Waals surface area contributed by atoms with Crippen LogP contribution in [0.3, 0.4) is 0 Å². The molecule has 1 saturated heterocycles. The zero-order chi connectivity index (χ0) is 15.7. The van der Waals surface area contributed by atoms with Gasteiger partial charge in [-0.3, -0.25) is 9.59 Å². The molecule has 3 rings (SSSR count). The van der Waals surface area contributed by atoms with Gasteiger partial charge in [-0.25, -0.2) is 4.98 Å². The van der Waals surface area contributed by atoms with E-state index in [4.69, 9.17) is 0 Å². The minimum Gasteiger partial charge on any atom is -0.342 e. The van der Waals surface area contributed by atoms with Gasteiger partial charge in [-0.15, -0.1) is 0 Å². The number of imidazole rings is 1. The van der Waals surface area contributed by atoms with Crippen LogP contribution in [-0.4, -0.2) is 57.8 Å². The molecule has 0 atom stereocenters. The molecular weight excluding hydrogens is 280 g/mol. The highest BCUT2D eigenvalue weighted by Crippen LogP contribution is 2.16. The molecule has 2 heterocycles. The SMILES string of the molecule is CCc1nc2ccc(C(=O)N3CCN(C(C)=O)CC3)cc2[nH]1. The van der Waals surface area contributed by atoms with Crippen molar-refractivity contribution in [2.24, 2.45) is 0 Å². The van der Waals surface area contributed by atoms with Gasteiger partial charge in [0.25, 0.3) is 5.91 Å². The van der Waals surface area contributed by atoms with E-state index in [0.717, 1.165) is 23.3 Å². The maximum absolute atomic E-state index is 12.6. The number of piperazine rings is 1. The maximum Gasteiger partial charge on any atom is 0.254 e. The number of aryl methyl sites for hydroxylation is 1. The van der Waals surface area contributed by atoms with Crippen LogP contribution in [0.4, 0.5) is 0 Å². The van der Waals surface area contributed by atoms with E-state index >= 15 is 0 Å². The first-order valence-electron chi connectivity index (χ1n) is 7.62. The van der Waals surface area contributed by atoms with Crippen molar-refractivity contribution in [3.63, 3.8) is 0 Å². The molecule has 1 aromatic carbocycles. The van der Waals surface area contributed by atoms with Crippen LogP contribution >= 0.6 is 0 Å². The topological polar surface area (TPSA) is 69.3 Å². The standard InChI is InChI=1S/C16H20N4O2/c1-3-15-17-13-5-4-12(10-14(13)18-15)16(22)20-8-6-19(7-9-20)11(2)21/h4-5,10H,3,6-9H2,1-2H3,(H,17,18). The van der Waals surface area contributed by atoms with Gasteiger partial charge in [-0.2, -0.15) is 0 Å². The number of amides is 2. The monoisotopic (exact) mass is 300 g/mol. The summed E-state index contributed by atoms with van der Waals surface area (Å²) < 4.78 is 0. The number of rotatable bonds is 2. The molecule has 2 amide bonds. The summed E-state index contributed by atoms with van der Waals surface area (Å²) in [6.45, 7) is 5.98. The number of nitrogens with zero attached hydrogens (tertiary/aromatic N) is 3. The molecular formula is C16H20N4O2. The van der Waals surface area contributed by atoms with Crippen molar-refractivity contribution >= 4 is 22.8 Å². The number of hydrogen-bond acceptors (Lipinski definition) is 3. The predicted molar refractivity (Wildman–Crippen MR) is 83.6 cm³/mol. The second-order valence-electron chi connectivity index (χ2n) is 5.57. The lowest BCUT2D eigenvalue weighted by Crippen LogP contribution is -2.50. The summed E-state index contributed by atoms with van der Waals surface area (Å²) in [6, 6.07) is 5.56. The summed E-state index contributed by atoms with van der Waals surface area (Å²) in [5.74, 6) is 1.01. The molecule has 1 aliphatic rings. The van der Waals surface area contributed by atoms with Crippen LogP contribution < -0.4 is 0 Å². The first-order valence-corrected chi connectivity index (χ1v) is 7.62. The lowest BCUT2D eigenvalue weighted by molar-refractivity contribution is -0.130. The van der Waals surface area contributed by atoms with Crippen molar-refractivity contribution in [2.45, 2.75) is 20.3 Å². The van der Waals surface area contributed by atoms with Crippen molar-refractivity contribution in [1.82, 2.24) is 19.8 Å². The van der Waals surface area contributed by atoms with Crippen LogP contribution in [0.1, 0.15) is 30.0 Å². The average Bonchev–Trinajstić information content (AvgIpc) is 2.96. The van der Waals surface area contributed by atoms with Gasteiger partial charge in [-0.05, 0) is 18.2 Å². The number of H-pyrrole nitrogens is 1. The molecule has 0 unspecified atom stereocenters. The Bertz CT molecular complexity index is 714. The van der Waals surface area contributed by atoms with Crippen LogP contribution in [0.25, 0.3) is 11.0 Å².